The summed E-state index contributed by atoms with van der Waals surface area (Å²) in [5.41, 5.74) is 2.13. The van der Waals surface area contributed by atoms with Crippen molar-refractivity contribution in [3.8, 4) is 17.6 Å². The molecule has 0 atom stereocenters. The Morgan fingerprint density at radius 1 is 1.32 bits per heavy atom. The molecule has 2 aromatic rings. The van der Waals surface area contributed by atoms with Crippen LogP contribution in [0.4, 0.5) is 0 Å². The third-order valence-electron chi connectivity index (χ3n) is 5.04. The third-order valence-corrected chi connectivity index (χ3v) is 7.05. The first-order valence-electron chi connectivity index (χ1n) is 10.3. The lowest BCUT2D eigenvalue weighted by atomic mass is 10.1. The second-order valence-corrected chi connectivity index (χ2v) is 9.85. The minimum absolute atomic E-state index is 0.0134. The summed E-state index contributed by atoms with van der Waals surface area (Å²) in [6.07, 6.45) is 1.61. The van der Waals surface area contributed by atoms with Gasteiger partial charge in [0.15, 0.2) is 17.3 Å². The van der Waals surface area contributed by atoms with Gasteiger partial charge < -0.3 is 9.47 Å². The summed E-state index contributed by atoms with van der Waals surface area (Å²) in [6.45, 7) is 4.22. The second-order valence-electron chi connectivity index (χ2n) is 7.70. The minimum atomic E-state index is -0.480. The second kappa shape index (κ2) is 9.99. The van der Waals surface area contributed by atoms with Crippen molar-refractivity contribution in [2.75, 3.05) is 7.11 Å². The van der Waals surface area contributed by atoms with Gasteiger partial charge >= 0.3 is 0 Å². The molecule has 1 N–H and O–H groups in total. The number of fused-ring (bicyclic) bond motifs is 1. The van der Waals surface area contributed by atoms with Gasteiger partial charge in [-0.05, 0) is 64.2 Å². The van der Waals surface area contributed by atoms with E-state index in [1.165, 1.54) is 23.9 Å². The summed E-state index contributed by atoms with van der Waals surface area (Å²) in [7, 11) is 1.53. The van der Waals surface area contributed by atoms with E-state index < -0.39 is 5.91 Å². The molecule has 2 aliphatic rings. The molecule has 2 aromatic carbocycles. The summed E-state index contributed by atoms with van der Waals surface area (Å²) in [5, 5.41) is 24.9. The van der Waals surface area contributed by atoms with E-state index in [2.05, 4.69) is 38.8 Å². The molecule has 0 spiro atoms. The van der Waals surface area contributed by atoms with E-state index in [1.807, 2.05) is 38.1 Å². The number of nitriles is 1. The van der Waals surface area contributed by atoms with Crippen LogP contribution in [0.15, 0.2) is 52.1 Å². The number of benzene rings is 2. The van der Waals surface area contributed by atoms with Crippen LogP contribution >= 0.6 is 34.4 Å². The molecule has 0 fully saturated rings. The number of rotatable bonds is 6. The molecular weight excluding hydrogens is 565 g/mol. The molecular formula is C24H20IN5O3S. The van der Waals surface area contributed by atoms with Crippen molar-refractivity contribution in [1.29, 1.82) is 10.7 Å². The summed E-state index contributed by atoms with van der Waals surface area (Å²) in [5.74, 6) is 0.688. The van der Waals surface area contributed by atoms with E-state index >= 15 is 0 Å². The number of nitrogens with zero attached hydrogens (tertiary/aromatic N) is 4. The van der Waals surface area contributed by atoms with E-state index in [1.54, 1.807) is 18.2 Å². The van der Waals surface area contributed by atoms with Crippen LogP contribution in [-0.4, -0.2) is 34.1 Å². The lowest BCUT2D eigenvalue weighted by molar-refractivity contribution is -0.114. The fraction of sp³-hybridized carbons (Fsp3) is 0.208. The maximum atomic E-state index is 12.7. The Morgan fingerprint density at radius 2 is 2.09 bits per heavy atom. The number of carbonyl (C=O) groups is 1. The van der Waals surface area contributed by atoms with Gasteiger partial charge in [-0.15, -0.1) is 0 Å². The van der Waals surface area contributed by atoms with Gasteiger partial charge in [0.05, 0.1) is 27.9 Å². The van der Waals surface area contributed by atoms with E-state index in [9.17, 15) is 10.1 Å². The normalized spacial score (nSPS) is 16.4. The van der Waals surface area contributed by atoms with Crippen molar-refractivity contribution in [2.24, 2.45) is 16.0 Å². The number of carbonyl (C=O) groups excluding carboxylic acids is 1. The van der Waals surface area contributed by atoms with Gasteiger partial charge in [0.25, 0.3) is 5.91 Å². The maximum absolute atomic E-state index is 12.7. The Balaban J connectivity index is 1.62. The van der Waals surface area contributed by atoms with Gasteiger partial charge in [0.1, 0.15) is 11.7 Å². The SMILES string of the molecule is COc1cc(/C=C2\C(=N)N3N=C(C(C)C)SC3=NC2=O)cc(I)c1OCc1ccccc1C#N. The molecule has 0 bridgehead atoms. The Morgan fingerprint density at radius 3 is 2.79 bits per heavy atom. The molecule has 1 amide bonds. The van der Waals surface area contributed by atoms with Crippen LogP contribution in [0.5, 0.6) is 11.5 Å². The van der Waals surface area contributed by atoms with Crippen LogP contribution in [0, 0.1) is 26.2 Å². The molecule has 0 saturated carbocycles. The third kappa shape index (κ3) is 4.71. The first kappa shape index (κ1) is 24.0. The highest BCUT2D eigenvalue weighted by Gasteiger charge is 2.36. The number of methoxy groups -OCH3 is 1. The maximum Gasteiger partial charge on any atom is 0.283 e. The number of thioether (sulfide) groups is 1. The molecule has 8 nitrogen and oxygen atoms in total. The Kier molecular flexibility index (Phi) is 7.04. The fourth-order valence-corrected chi connectivity index (χ4v) is 4.95. The van der Waals surface area contributed by atoms with Crippen LogP contribution < -0.4 is 9.47 Å². The van der Waals surface area contributed by atoms with Crippen molar-refractivity contribution < 1.29 is 14.3 Å². The van der Waals surface area contributed by atoms with E-state index in [0.29, 0.717) is 27.8 Å². The summed E-state index contributed by atoms with van der Waals surface area (Å²) in [6, 6.07) is 13.0. The molecule has 0 aromatic heterocycles. The highest BCUT2D eigenvalue weighted by atomic mass is 127. The van der Waals surface area contributed by atoms with Gasteiger partial charge in [-0.3, -0.25) is 10.2 Å². The number of hydrogen-bond acceptors (Lipinski definition) is 7. The number of aliphatic imine (C=N–C) groups is 1. The highest BCUT2D eigenvalue weighted by Crippen LogP contribution is 2.36. The average molecular weight is 585 g/mol. The van der Waals surface area contributed by atoms with E-state index in [4.69, 9.17) is 14.9 Å². The first-order valence-corrected chi connectivity index (χ1v) is 12.2. The number of hydrazone groups is 1. The standard InChI is InChI=1S/C24H20IN5O3S/c1-13(2)23-29-30-21(27)17(22(31)28-24(30)34-23)8-14-9-18(25)20(19(10-14)32-3)33-12-16-7-5-4-6-15(16)11-26/h4-10,13,27H,12H2,1-3H3/b17-8+,27-21?. The van der Waals surface area contributed by atoms with Gasteiger partial charge in [0, 0.05) is 11.5 Å². The quantitative estimate of drug-likeness (QED) is 0.377. The summed E-state index contributed by atoms with van der Waals surface area (Å²) >= 11 is 3.45. The molecule has 4 rings (SSSR count). The number of nitrogens with one attached hydrogen (secondary N) is 1. The predicted molar refractivity (Wildman–Crippen MR) is 141 cm³/mol. The molecule has 0 saturated heterocycles. The molecule has 0 unspecified atom stereocenters. The smallest absolute Gasteiger partial charge is 0.283 e. The molecule has 2 heterocycles. The minimum Gasteiger partial charge on any atom is -0.493 e. The van der Waals surface area contributed by atoms with E-state index in [0.717, 1.165) is 14.2 Å². The fourth-order valence-electron chi connectivity index (χ4n) is 3.28. The zero-order valence-electron chi connectivity index (χ0n) is 18.6. The van der Waals surface area contributed by atoms with Crippen LogP contribution in [0.3, 0.4) is 0 Å². The molecule has 2 aliphatic heterocycles. The number of ether oxygens (including phenoxy) is 2. The number of hydrogen-bond donors (Lipinski definition) is 1. The van der Waals surface area contributed by atoms with Gasteiger partial charge in [-0.2, -0.15) is 20.4 Å². The van der Waals surface area contributed by atoms with Crippen molar-refractivity contribution in [1.82, 2.24) is 5.01 Å². The van der Waals surface area contributed by atoms with E-state index in [-0.39, 0.29) is 23.9 Å². The molecule has 172 valence electrons. The average Bonchev–Trinajstić information content (AvgIpc) is 3.25. The van der Waals surface area contributed by atoms with Gasteiger partial charge in [0.2, 0.25) is 5.17 Å². The monoisotopic (exact) mass is 585 g/mol. The summed E-state index contributed by atoms with van der Waals surface area (Å²) in [4.78, 5) is 16.8. The van der Waals surface area contributed by atoms with Crippen LogP contribution in [0.25, 0.3) is 6.08 Å². The zero-order chi connectivity index (χ0) is 24.4. The van der Waals surface area contributed by atoms with Crippen molar-refractivity contribution >= 4 is 62.4 Å². The lowest BCUT2D eigenvalue weighted by Crippen LogP contribution is -2.35. The molecule has 10 heteroatoms. The topological polar surface area (TPSA) is 111 Å². The first-order chi connectivity index (χ1) is 16.3. The highest BCUT2D eigenvalue weighted by molar-refractivity contribution is 14.1. The molecule has 0 radical (unpaired) electrons. The van der Waals surface area contributed by atoms with Crippen LogP contribution in [0.2, 0.25) is 0 Å². The zero-order valence-corrected chi connectivity index (χ0v) is 21.6. The summed E-state index contributed by atoms with van der Waals surface area (Å²) < 4.78 is 12.3. The predicted octanol–water partition coefficient (Wildman–Crippen LogP) is 5.03. The van der Waals surface area contributed by atoms with Gasteiger partial charge in [-0.25, -0.2) is 0 Å². The number of amidine groups is 2. The Bertz CT molecular complexity index is 1330. The Labute approximate surface area is 215 Å². The van der Waals surface area contributed by atoms with Crippen molar-refractivity contribution in [3.05, 3.63) is 62.2 Å². The lowest BCUT2D eigenvalue weighted by Gasteiger charge is -2.20. The number of halogens is 1. The largest absolute Gasteiger partial charge is 0.493 e. The van der Waals surface area contributed by atoms with Gasteiger partial charge in [-0.1, -0.05) is 32.0 Å². The van der Waals surface area contributed by atoms with Crippen LogP contribution in [-0.2, 0) is 11.4 Å². The van der Waals surface area contributed by atoms with Crippen LogP contribution in [0.1, 0.15) is 30.5 Å². The molecule has 34 heavy (non-hydrogen) atoms. The van der Waals surface area contributed by atoms with Crippen molar-refractivity contribution in [2.45, 2.75) is 20.5 Å². The Hall–Kier alpha value is -3.17. The van der Waals surface area contributed by atoms with Crippen molar-refractivity contribution in [3.63, 3.8) is 0 Å². The molecule has 0 aliphatic carbocycles. The number of amides is 1.